The standard InChI is InChI=1S/C17H37N5O2P2.C12H27N.C9H16O3P2.C8H18O2.C4H2O3.C3H8P2/c1-13-14(12-17(2,3)26-25)16(24)22(15(13)23)11-10-21-9-8-20-7-6-19-5-4-18;1-2-3-4-5-6-7-8-9-10-11-12-13;1-5-6(4-9(2,3)14-13)8(11)12-7(5)10;1-7(2,3)9-10-8(4,5)6;5-3-1-2-4(6)7-3;1-3(2)5-4/h13-14,19-21,26H,4-12,18,25H2,1-3H3;2-13H2,1H3;5-6,14H,4,13H2,1-3H3;1-6H3;1-2H;5H,1,4H2,2H3. The average molecular weight is 1180 g/mol. The molecule has 10 atom stereocenters. The minimum atomic E-state index is -0.579. The maximum Gasteiger partial charge on any atom is 0.338 e. The lowest BCUT2D eigenvalue weighted by atomic mass is 9.88. The quantitative estimate of drug-likeness (QED) is 0.00892. The van der Waals surface area contributed by atoms with Gasteiger partial charge in [-0.25, -0.2) is 19.4 Å². The first kappa shape index (κ1) is 78.4. The Morgan fingerprint density at radius 1 is 0.600 bits per heavy atom. The molecule has 0 bridgehead atoms. The Kier molecular flexibility index (Phi) is 46.9. The molecule has 0 aromatic carbocycles. The molecule has 440 valence electrons. The summed E-state index contributed by atoms with van der Waals surface area (Å²) in [5, 5.41) is 11.3. The number of hydrogen-bond acceptors (Lipinski definition) is 15. The normalized spacial score (nSPS) is 18.8. The highest BCUT2D eigenvalue weighted by molar-refractivity contribution is 8.05. The van der Waals surface area contributed by atoms with Gasteiger partial charge in [0.25, 0.3) is 0 Å². The topological polar surface area (TPSA) is 231 Å². The van der Waals surface area contributed by atoms with Gasteiger partial charge in [-0.05, 0) is 84.6 Å². The Hall–Kier alpha value is -0.800. The van der Waals surface area contributed by atoms with Gasteiger partial charge in [-0.1, -0.05) is 143 Å². The Balaban J connectivity index is -0.000000902. The molecule has 3 aliphatic rings. The third kappa shape index (κ3) is 44.6. The smallest absolute Gasteiger partial charge is 0.338 e. The van der Waals surface area contributed by atoms with E-state index in [1.54, 1.807) is 6.92 Å². The van der Waals surface area contributed by atoms with Crippen molar-refractivity contribution < 1.29 is 48.0 Å². The van der Waals surface area contributed by atoms with Crippen molar-refractivity contribution in [2.24, 2.45) is 35.1 Å². The lowest BCUT2D eigenvalue weighted by Gasteiger charge is -2.26. The zero-order chi connectivity index (χ0) is 58.3. The minimum Gasteiger partial charge on any atom is -0.393 e. The van der Waals surface area contributed by atoms with E-state index in [1.807, 2.05) is 55.4 Å². The molecule has 0 aromatic rings. The monoisotopic (exact) mass is 1170 g/mol. The third-order valence-electron chi connectivity index (χ3n) is 11.3. The number of carbonyl (C=O) groups is 6. The van der Waals surface area contributed by atoms with E-state index in [-0.39, 0.29) is 68.9 Å². The largest absolute Gasteiger partial charge is 0.393 e. The van der Waals surface area contributed by atoms with E-state index in [0.717, 1.165) is 72.5 Å². The van der Waals surface area contributed by atoms with Gasteiger partial charge < -0.3 is 36.9 Å². The van der Waals surface area contributed by atoms with Crippen LogP contribution in [-0.2, 0) is 48.0 Å². The van der Waals surface area contributed by atoms with Gasteiger partial charge in [0.05, 0.1) is 29.0 Å². The number of amides is 2. The second-order valence-electron chi connectivity index (χ2n) is 22.2. The van der Waals surface area contributed by atoms with Crippen LogP contribution in [0.4, 0.5) is 0 Å². The third-order valence-corrected chi connectivity index (χ3v) is 19.9. The molecule has 10 unspecified atom stereocenters. The van der Waals surface area contributed by atoms with Gasteiger partial charge in [0.1, 0.15) is 0 Å². The van der Waals surface area contributed by atoms with Gasteiger partial charge in [-0.2, -0.15) is 0 Å². The number of ether oxygens (including phenoxy) is 2. The van der Waals surface area contributed by atoms with Gasteiger partial charge in [0.15, 0.2) is 0 Å². The number of carbonyl (C=O) groups excluding carboxylic acids is 6. The molecule has 0 saturated carbocycles. The first-order valence-electron chi connectivity index (χ1n) is 26.9. The van der Waals surface area contributed by atoms with E-state index in [4.69, 9.17) is 21.2 Å². The van der Waals surface area contributed by atoms with E-state index >= 15 is 0 Å². The average Bonchev–Trinajstić information content (AvgIpc) is 3.90. The molecule has 0 spiro atoms. The first-order chi connectivity index (χ1) is 34.9. The van der Waals surface area contributed by atoms with E-state index < -0.39 is 11.9 Å². The number of nitrogens with one attached hydrogen (secondary N) is 3. The van der Waals surface area contributed by atoms with Gasteiger partial charge >= 0.3 is 23.9 Å². The number of hydrogen-bond donors (Lipinski definition) is 5. The molecule has 0 aliphatic carbocycles. The van der Waals surface area contributed by atoms with Crippen LogP contribution in [0.2, 0.25) is 0 Å². The maximum atomic E-state index is 12.7. The predicted molar refractivity (Wildman–Crippen MR) is 330 cm³/mol. The van der Waals surface area contributed by atoms with Gasteiger partial charge in [-0.15, -0.1) is 26.8 Å². The number of unbranched alkanes of at least 4 members (excludes halogenated alkanes) is 9. The van der Waals surface area contributed by atoms with E-state index in [2.05, 4.69) is 93.4 Å². The van der Waals surface area contributed by atoms with Gasteiger partial charge in [0, 0.05) is 70.4 Å². The molecular weight excluding hydrogens is 1070 g/mol. The molecule has 7 N–H and O–H groups in total. The van der Waals surface area contributed by atoms with Crippen LogP contribution in [0.1, 0.15) is 174 Å². The zero-order valence-corrected chi connectivity index (χ0v) is 55.4. The summed E-state index contributed by atoms with van der Waals surface area (Å²) in [7, 11) is 10.3. The van der Waals surface area contributed by atoms with Crippen LogP contribution in [0.25, 0.3) is 0 Å². The number of imide groups is 1. The molecule has 16 nitrogen and oxygen atoms in total. The molecular formula is C53H108N6O10P6. The lowest BCUT2D eigenvalue weighted by molar-refractivity contribution is -0.393. The van der Waals surface area contributed by atoms with Crippen molar-refractivity contribution in [1.82, 2.24) is 20.9 Å². The molecule has 2 fully saturated rings. The van der Waals surface area contributed by atoms with Gasteiger partial charge in [0.2, 0.25) is 11.8 Å². The van der Waals surface area contributed by atoms with Crippen LogP contribution in [0.5, 0.6) is 0 Å². The summed E-state index contributed by atoms with van der Waals surface area (Å²) >= 11 is 0. The fourth-order valence-corrected chi connectivity index (χ4v) is 8.13. The molecule has 0 aromatic heterocycles. The maximum absolute atomic E-state index is 12.7. The van der Waals surface area contributed by atoms with Crippen LogP contribution in [0.3, 0.4) is 0 Å². The predicted octanol–water partition coefficient (Wildman–Crippen LogP) is 9.94. The molecule has 3 rings (SSSR count). The lowest BCUT2D eigenvalue weighted by Crippen LogP contribution is -2.39. The number of cyclic esters (lactones) is 4. The number of nitrogens with zero attached hydrogens (tertiary/aromatic N) is 1. The van der Waals surface area contributed by atoms with Crippen molar-refractivity contribution in [3.05, 3.63) is 24.0 Å². The number of rotatable bonds is 29. The summed E-state index contributed by atoms with van der Waals surface area (Å²) in [6.45, 7) is 38.8. The van der Waals surface area contributed by atoms with Gasteiger partial charge in [-0.3, -0.25) is 24.1 Å². The molecule has 3 heterocycles. The highest BCUT2D eigenvalue weighted by atomic mass is 32.0. The molecule has 75 heavy (non-hydrogen) atoms. The van der Waals surface area contributed by atoms with Crippen molar-refractivity contribution in [3.63, 3.8) is 0 Å². The molecule has 0 radical (unpaired) electrons. The summed E-state index contributed by atoms with van der Waals surface area (Å²) in [5.41, 5.74) is 10.4. The molecule has 2 saturated heterocycles. The zero-order valence-electron chi connectivity index (χ0n) is 48.9. The van der Waals surface area contributed by atoms with Crippen molar-refractivity contribution in [2.45, 2.75) is 195 Å². The second kappa shape index (κ2) is 44.9. The van der Waals surface area contributed by atoms with E-state index in [1.165, 1.54) is 74.4 Å². The van der Waals surface area contributed by atoms with Crippen molar-refractivity contribution in [1.29, 1.82) is 0 Å². The second-order valence-corrected chi connectivity index (χ2v) is 29.2. The number of likely N-dealkylation sites (tertiary alicyclic amines) is 1. The highest BCUT2D eigenvalue weighted by Crippen LogP contribution is 2.46. The summed E-state index contributed by atoms with van der Waals surface area (Å²) in [5.74, 6) is -2.79. The summed E-state index contributed by atoms with van der Waals surface area (Å²) in [6.07, 6.45) is 17.6. The van der Waals surface area contributed by atoms with E-state index in [0.29, 0.717) is 36.2 Å². The Morgan fingerprint density at radius 3 is 1.33 bits per heavy atom. The fourth-order valence-electron chi connectivity index (χ4n) is 6.75. The van der Waals surface area contributed by atoms with Crippen LogP contribution >= 0.6 is 51.6 Å². The number of nitrogens with two attached hydrogens (primary N) is 2. The molecule has 3 aliphatic heterocycles. The SMILES string of the molecule is C=C(C)PP.CC(C)(C)OOC(C)(C)C.CC1C(=O)N(CCNCCNCCNCCN)C(=O)C1CC(C)(C)PP.CC1C(=O)OC(=O)C1CC(C)(C)PP.CCCCCCCCCCCCN.O=C1C=CC(=O)O1. The van der Waals surface area contributed by atoms with Crippen LogP contribution in [-0.4, -0.2) is 121 Å². The summed E-state index contributed by atoms with van der Waals surface area (Å²) in [4.78, 5) is 79.0. The van der Waals surface area contributed by atoms with Crippen molar-refractivity contribution in [3.8, 4) is 0 Å². The summed E-state index contributed by atoms with van der Waals surface area (Å²) < 4.78 is 8.57. The summed E-state index contributed by atoms with van der Waals surface area (Å²) in [6, 6.07) is 0. The van der Waals surface area contributed by atoms with Crippen LogP contribution in [0.15, 0.2) is 24.0 Å². The first-order valence-corrected chi connectivity index (χ1v) is 35.3. The Labute approximate surface area is 467 Å². The minimum absolute atomic E-state index is 0.00438. The Bertz CT molecular complexity index is 1610. The fraction of sp³-hybridized carbons (Fsp3) is 0.811. The molecule has 22 heteroatoms. The van der Waals surface area contributed by atoms with Crippen LogP contribution < -0.4 is 27.4 Å². The number of esters is 4. The Morgan fingerprint density at radius 2 is 1.00 bits per heavy atom. The van der Waals surface area contributed by atoms with E-state index in [9.17, 15) is 28.8 Å². The highest BCUT2D eigenvalue weighted by Gasteiger charge is 2.46. The van der Waals surface area contributed by atoms with Crippen molar-refractivity contribution >= 4 is 87.3 Å². The van der Waals surface area contributed by atoms with Crippen molar-refractivity contribution in [2.75, 3.05) is 58.9 Å². The molecule has 2 amide bonds. The van der Waals surface area contributed by atoms with Crippen LogP contribution in [0, 0.1) is 23.7 Å². The number of allylic oxidation sites excluding steroid dienone is 1.